The second-order valence-corrected chi connectivity index (χ2v) is 4.24. The fraction of sp³-hybridized carbons (Fsp3) is 0.600. The highest BCUT2D eigenvalue weighted by Crippen LogP contribution is 2.29. The van der Waals surface area contributed by atoms with Gasteiger partial charge in [-0.15, -0.1) is 0 Å². The summed E-state index contributed by atoms with van der Waals surface area (Å²) in [4.78, 5) is 24.9. The molecule has 0 aliphatic heterocycles. The van der Waals surface area contributed by atoms with Crippen molar-refractivity contribution in [2.24, 2.45) is 0 Å². The molecule has 0 aromatic carbocycles. The van der Waals surface area contributed by atoms with E-state index in [1.54, 1.807) is 6.92 Å². The van der Waals surface area contributed by atoms with Gasteiger partial charge in [-0.05, 0) is 13.3 Å². The average molecular weight is 226 g/mol. The Morgan fingerprint density at radius 1 is 1.38 bits per heavy atom. The maximum Gasteiger partial charge on any atom is 0.328 e. The number of nitrogens with zero attached hydrogens (tertiary/aromatic N) is 1. The summed E-state index contributed by atoms with van der Waals surface area (Å²) in [6.07, 6.45) is 0.659. The molecule has 0 saturated heterocycles. The standard InChI is InChI=1S/C10H14N2O4/c1-5-4-12(10(16)11-9(5)15)7-2-6(13)3-8(7)14/h4,6-8,13-14H,2-3H2,1H3,(H,11,15,16)/t6-,7+,8+/m0/s1. The van der Waals surface area contributed by atoms with Gasteiger partial charge in [0.25, 0.3) is 5.56 Å². The first-order valence-electron chi connectivity index (χ1n) is 5.17. The lowest BCUT2D eigenvalue weighted by Gasteiger charge is -2.17. The van der Waals surface area contributed by atoms with Gasteiger partial charge in [-0.1, -0.05) is 0 Å². The molecule has 1 aliphatic rings. The molecule has 1 aliphatic carbocycles. The van der Waals surface area contributed by atoms with Gasteiger partial charge in [-0.3, -0.25) is 14.3 Å². The van der Waals surface area contributed by atoms with Crippen LogP contribution in [0.15, 0.2) is 15.8 Å². The molecule has 6 nitrogen and oxygen atoms in total. The van der Waals surface area contributed by atoms with E-state index in [1.165, 1.54) is 10.8 Å². The predicted molar refractivity (Wildman–Crippen MR) is 56.3 cm³/mol. The molecular formula is C10H14N2O4. The van der Waals surface area contributed by atoms with E-state index in [1.807, 2.05) is 0 Å². The van der Waals surface area contributed by atoms with E-state index in [9.17, 15) is 19.8 Å². The van der Waals surface area contributed by atoms with Gasteiger partial charge >= 0.3 is 5.69 Å². The maximum atomic E-state index is 11.5. The Morgan fingerprint density at radius 2 is 2.06 bits per heavy atom. The lowest BCUT2D eigenvalue weighted by Crippen LogP contribution is -2.35. The Labute approximate surface area is 91.2 Å². The number of hydrogen-bond acceptors (Lipinski definition) is 4. The van der Waals surface area contributed by atoms with Crippen LogP contribution >= 0.6 is 0 Å². The van der Waals surface area contributed by atoms with Gasteiger partial charge in [-0.25, -0.2) is 4.79 Å². The maximum absolute atomic E-state index is 11.5. The largest absolute Gasteiger partial charge is 0.393 e. The van der Waals surface area contributed by atoms with Crippen LogP contribution in [0.2, 0.25) is 0 Å². The van der Waals surface area contributed by atoms with E-state index in [-0.39, 0.29) is 6.42 Å². The second-order valence-electron chi connectivity index (χ2n) is 4.24. The Morgan fingerprint density at radius 3 is 2.62 bits per heavy atom. The molecule has 0 radical (unpaired) electrons. The summed E-state index contributed by atoms with van der Waals surface area (Å²) in [5.74, 6) is 0. The number of rotatable bonds is 1. The minimum absolute atomic E-state index is 0.259. The Bertz CT molecular complexity index is 504. The highest BCUT2D eigenvalue weighted by atomic mass is 16.3. The van der Waals surface area contributed by atoms with Gasteiger partial charge < -0.3 is 10.2 Å². The minimum atomic E-state index is -0.752. The van der Waals surface area contributed by atoms with Crippen molar-refractivity contribution < 1.29 is 10.2 Å². The van der Waals surface area contributed by atoms with Gasteiger partial charge in [0.2, 0.25) is 0 Å². The first-order valence-corrected chi connectivity index (χ1v) is 5.17. The predicted octanol–water partition coefficient (Wildman–Crippen LogP) is -1.10. The minimum Gasteiger partial charge on any atom is -0.393 e. The highest BCUT2D eigenvalue weighted by Gasteiger charge is 2.33. The smallest absolute Gasteiger partial charge is 0.328 e. The van der Waals surface area contributed by atoms with Crippen molar-refractivity contribution in [2.75, 3.05) is 0 Å². The number of nitrogens with one attached hydrogen (secondary N) is 1. The van der Waals surface area contributed by atoms with Crippen LogP contribution in [0.25, 0.3) is 0 Å². The van der Waals surface area contributed by atoms with E-state index >= 15 is 0 Å². The molecule has 0 amide bonds. The first kappa shape index (κ1) is 11.1. The average Bonchev–Trinajstić information content (AvgIpc) is 2.51. The topological polar surface area (TPSA) is 95.3 Å². The summed E-state index contributed by atoms with van der Waals surface area (Å²) in [7, 11) is 0. The lowest BCUT2D eigenvalue weighted by molar-refractivity contribution is 0.120. The second kappa shape index (κ2) is 3.88. The van der Waals surface area contributed by atoms with Crippen molar-refractivity contribution >= 4 is 0 Å². The first-order chi connectivity index (χ1) is 7.49. The molecular weight excluding hydrogens is 212 g/mol. The van der Waals surface area contributed by atoms with Crippen LogP contribution in [-0.2, 0) is 0 Å². The molecule has 1 saturated carbocycles. The summed E-state index contributed by atoms with van der Waals surface area (Å²) in [5, 5.41) is 19.1. The van der Waals surface area contributed by atoms with Crippen LogP contribution in [0.4, 0.5) is 0 Å². The van der Waals surface area contributed by atoms with E-state index in [4.69, 9.17) is 0 Å². The molecule has 3 atom stereocenters. The number of hydrogen-bond donors (Lipinski definition) is 3. The molecule has 1 fully saturated rings. The number of aliphatic hydroxyl groups excluding tert-OH is 2. The van der Waals surface area contributed by atoms with Crippen LogP contribution in [0, 0.1) is 6.92 Å². The summed E-state index contributed by atoms with van der Waals surface area (Å²) < 4.78 is 1.29. The summed E-state index contributed by atoms with van der Waals surface area (Å²) in [6.45, 7) is 1.59. The fourth-order valence-electron chi connectivity index (χ4n) is 2.10. The zero-order chi connectivity index (χ0) is 11.9. The SMILES string of the molecule is Cc1cn([C@@H]2C[C@H](O)C[C@H]2O)c(=O)[nH]c1=O. The molecule has 0 spiro atoms. The molecule has 2 rings (SSSR count). The summed E-state index contributed by atoms with van der Waals surface area (Å²) in [5.41, 5.74) is -0.559. The van der Waals surface area contributed by atoms with Crippen LogP contribution < -0.4 is 11.2 Å². The van der Waals surface area contributed by atoms with E-state index < -0.39 is 29.5 Å². The van der Waals surface area contributed by atoms with E-state index in [2.05, 4.69) is 4.98 Å². The van der Waals surface area contributed by atoms with Crippen molar-refractivity contribution in [1.29, 1.82) is 0 Å². The van der Waals surface area contributed by atoms with Crippen molar-refractivity contribution in [2.45, 2.75) is 38.0 Å². The van der Waals surface area contributed by atoms with Gasteiger partial charge in [0, 0.05) is 18.2 Å². The van der Waals surface area contributed by atoms with Crippen LogP contribution in [0.1, 0.15) is 24.4 Å². The van der Waals surface area contributed by atoms with Gasteiger partial charge in [0.1, 0.15) is 0 Å². The molecule has 88 valence electrons. The molecule has 1 aromatic rings. The number of aliphatic hydroxyl groups is 2. The van der Waals surface area contributed by atoms with Gasteiger partial charge in [0.15, 0.2) is 0 Å². The Balaban J connectivity index is 2.45. The van der Waals surface area contributed by atoms with Crippen molar-refractivity contribution in [3.8, 4) is 0 Å². The zero-order valence-corrected chi connectivity index (χ0v) is 8.88. The summed E-state index contributed by atoms with van der Waals surface area (Å²) in [6, 6.07) is -0.460. The number of aromatic amines is 1. The molecule has 0 bridgehead atoms. The monoisotopic (exact) mass is 226 g/mol. The third-order valence-corrected chi connectivity index (χ3v) is 2.97. The molecule has 6 heteroatoms. The van der Waals surface area contributed by atoms with Gasteiger partial charge in [0.05, 0.1) is 18.2 Å². The molecule has 3 N–H and O–H groups in total. The quantitative estimate of drug-likeness (QED) is 0.566. The van der Waals surface area contributed by atoms with Crippen LogP contribution in [0.5, 0.6) is 0 Å². The molecule has 1 heterocycles. The third kappa shape index (κ3) is 1.81. The fourth-order valence-corrected chi connectivity index (χ4v) is 2.10. The van der Waals surface area contributed by atoms with Gasteiger partial charge in [-0.2, -0.15) is 0 Å². The lowest BCUT2D eigenvalue weighted by atomic mass is 10.2. The van der Waals surface area contributed by atoms with Crippen molar-refractivity contribution in [3.05, 3.63) is 32.6 Å². The third-order valence-electron chi connectivity index (χ3n) is 2.97. The summed E-state index contributed by atoms with van der Waals surface area (Å²) >= 11 is 0. The molecule has 0 unspecified atom stereocenters. The van der Waals surface area contributed by atoms with Crippen LogP contribution in [-0.4, -0.2) is 32.0 Å². The van der Waals surface area contributed by atoms with Crippen molar-refractivity contribution in [3.63, 3.8) is 0 Å². The Hall–Kier alpha value is -1.40. The molecule has 16 heavy (non-hydrogen) atoms. The van der Waals surface area contributed by atoms with Crippen molar-refractivity contribution in [1.82, 2.24) is 9.55 Å². The van der Waals surface area contributed by atoms with E-state index in [0.717, 1.165) is 0 Å². The highest BCUT2D eigenvalue weighted by molar-refractivity contribution is 5.03. The van der Waals surface area contributed by atoms with Crippen LogP contribution in [0.3, 0.4) is 0 Å². The normalized spacial score (nSPS) is 29.6. The number of aromatic nitrogens is 2. The zero-order valence-electron chi connectivity index (χ0n) is 8.88. The van der Waals surface area contributed by atoms with E-state index in [0.29, 0.717) is 12.0 Å². The molecule has 1 aromatic heterocycles. The number of aryl methyl sites for hydroxylation is 1. The number of H-pyrrole nitrogens is 1. The Kier molecular flexibility index (Phi) is 2.69.